The number of carbonyl (C=O) groups excluding carboxylic acids is 3. The van der Waals surface area contributed by atoms with Crippen molar-refractivity contribution in [3.63, 3.8) is 0 Å². The number of aryl methyl sites for hydroxylation is 3. The molecule has 0 aliphatic rings. The summed E-state index contributed by atoms with van der Waals surface area (Å²) in [6.07, 6.45) is 1.15. The molecule has 0 aromatic heterocycles. The molecule has 7 nitrogen and oxygen atoms in total. The van der Waals surface area contributed by atoms with Gasteiger partial charge in [0.15, 0.2) is 6.61 Å². The summed E-state index contributed by atoms with van der Waals surface area (Å²) in [7, 11) is 0. The van der Waals surface area contributed by atoms with Gasteiger partial charge in [-0.15, -0.1) is 0 Å². The second kappa shape index (κ2) is 14.9. The van der Waals surface area contributed by atoms with E-state index in [1.165, 1.54) is 16.7 Å². The zero-order valence-electron chi connectivity index (χ0n) is 24.2. The molecule has 3 aromatic carbocycles. The molecule has 0 heterocycles. The predicted molar refractivity (Wildman–Crippen MR) is 159 cm³/mol. The molecule has 212 valence electrons. The van der Waals surface area contributed by atoms with Gasteiger partial charge in [0.1, 0.15) is 11.8 Å². The SMILES string of the molecule is CCNC(=O)C(CCNC(=O)c1ccc(CC)cc1)NC(=O)COc1ccc(C(C)c2ccc(C)cc2C)cc1. The van der Waals surface area contributed by atoms with Gasteiger partial charge < -0.3 is 20.7 Å². The molecule has 3 N–H and O–H groups in total. The number of benzene rings is 3. The normalized spacial score (nSPS) is 12.2. The van der Waals surface area contributed by atoms with Crippen molar-refractivity contribution in [1.82, 2.24) is 16.0 Å². The molecule has 3 aromatic rings. The van der Waals surface area contributed by atoms with Crippen LogP contribution in [0, 0.1) is 13.8 Å². The first-order valence-electron chi connectivity index (χ1n) is 14.0. The van der Waals surface area contributed by atoms with Gasteiger partial charge in [0, 0.05) is 24.6 Å². The molecule has 0 aliphatic heterocycles. The van der Waals surface area contributed by atoms with Crippen LogP contribution in [-0.2, 0) is 16.0 Å². The summed E-state index contributed by atoms with van der Waals surface area (Å²) in [5, 5.41) is 8.30. The summed E-state index contributed by atoms with van der Waals surface area (Å²) < 4.78 is 5.69. The maximum Gasteiger partial charge on any atom is 0.258 e. The van der Waals surface area contributed by atoms with Crippen LogP contribution in [0.5, 0.6) is 5.75 Å². The van der Waals surface area contributed by atoms with Crippen LogP contribution in [-0.4, -0.2) is 43.5 Å². The fourth-order valence-corrected chi connectivity index (χ4v) is 4.62. The summed E-state index contributed by atoms with van der Waals surface area (Å²) in [6, 6.07) is 20.8. The molecule has 0 saturated carbocycles. The van der Waals surface area contributed by atoms with E-state index in [0.29, 0.717) is 17.9 Å². The van der Waals surface area contributed by atoms with Gasteiger partial charge in [-0.1, -0.05) is 61.9 Å². The molecule has 0 aliphatic carbocycles. The lowest BCUT2D eigenvalue weighted by molar-refractivity contribution is -0.130. The Morgan fingerprint density at radius 2 is 1.57 bits per heavy atom. The highest BCUT2D eigenvalue weighted by molar-refractivity contribution is 5.94. The van der Waals surface area contributed by atoms with Gasteiger partial charge >= 0.3 is 0 Å². The second-order valence-corrected chi connectivity index (χ2v) is 10.0. The predicted octanol–water partition coefficient (Wildman–Crippen LogP) is 4.84. The first-order valence-corrected chi connectivity index (χ1v) is 14.0. The Labute approximate surface area is 237 Å². The van der Waals surface area contributed by atoms with Gasteiger partial charge in [-0.25, -0.2) is 0 Å². The van der Waals surface area contributed by atoms with Crippen molar-refractivity contribution in [1.29, 1.82) is 0 Å². The lowest BCUT2D eigenvalue weighted by Gasteiger charge is -2.19. The zero-order chi connectivity index (χ0) is 29.1. The molecule has 40 heavy (non-hydrogen) atoms. The van der Waals surface area contributed by atoms with Crippen molar-refractivity contribution in [2.45, 2.75) is 59.4 Å². The number of ether oxygens (including phenoxy) is 1. The molecule has 2 unspecified atom stereocenters. The van der Waals surface area contributed by atoms with Gasteiger partial charge in [0.05, 0.1) is 0 Å². The molecule has 0 saturated heterocycles. The van der Waals surface area contributed by atoms with Crippen molar-refractivity contribution < 1.29 is 19.1 Å². The van der Waals surface area contributed by atoms with Crippen molar-refractivity contribution in [3.05, 3.63) is 100 Å². The summed E-state index contributed by atoms with van der Waals surface area (Å²) >= 11 is 0. The smallest absolute Gasteiger partial charge is 0.258 e. The van der Waals surface area contributed by atoms with E-state index in [2.05, 4.69) is 61.8 Å². The Morgan fingerprint density at radius 1 is 0.875 bits per heavy atom. The maximum atomic E-state index is 12.6. The number of hydrogen-bond acceptors (Lipinski definition) is 4. The molecule has 7 heteroatoms. The van der Waals surface area contributed by atoms with E-state index >= 15 is 0 Å². The van der Waals surface area contributed by atoms with Crippen LogP contribution in [0.15, 0.2) is 66.7 Å². The third-order valence-electron chi connectivity index (χ3n) is 6.99. The molecular formula is C33H41N3O4. The number of carbonyl (C=O) groups is 3. The highest BCUT2D eigenvalue weighted by atomic mass is 16.5. The minimum atomic E-state index is -0.792. The lowest BCUT2D eigenvalue weighted by Crippen LogP contribution is -2.49. The van der Waals surface area contributed by atoms with Crippen LogP contribution in [0.25, 0.3) is 0 Å². The molecule has 0 bridgehead atoms. The van der Waals surface area contributed by atoms with E-state index in [1.807, 2.05) is 43.3 Å². The third kappa shape index (κ3) is 8.70. The number of hydrogen-bond donors (Lipinski definition) is 3. The number of nitrogens with one attached hydrogen (secondary N) is 3. The van der Waals surface area contributed by atoms with Crippen LogP contribution in [0.4, 0.5) is 0 Å². The van der Waals surface area contributed by atoms with Crippen molar-refractivity contribution in [2.24, 2.45) is 0 Å². The lowest BCUT2D eigenvalue weighted by atomic mass is 9.89. The van der Waals surface area contributed by atoms with E-state index in [9.17, 15) is 14.4 Å². The quantitative estimate of drug-likeness (QED) is 0.288. The Morgan fingerprint density at radius 3 is 2.20 bits per heavy atom. The molecule has 0 radical (unpaired) electrons. The topological polar surface area (TPSA) is 96.5 Å². The number of amides is 3. The van der Waals surface area contributed by atoms with Gasteiger partial charge in [-0.05, 0) is 80.1 Å². The summed E-state index contributed by atoms with van der Waals surface area (Å²) in [5.41, 5.74) is 6.65. The summed E-state index contributed by atoms with van der Waals surface area (Å²) in [6.45, 7) is 10.7. The van der Waals surface area contributed by atoms with Gasteiger partial charge in [0.2, 0.25) is 5.91 Å². The Balaban J connectivity index is 1.51. The van der Waals surface area contributed by atoms with Crippen LogP contribution in [0.3, 0.4) is 0 Å². The summed E-state index contributed by atoms with van der Waals surface area (Å²) in [5.74, 6) is -0.135. The monoisotopic (exact) mass is 543 g/mol. The molecule has 0 fully saturated rings. The highest BCUT2D eigenvalue weighted by Crippen LogP contribution is 2.28. The Hall–Kier alpha value is -4.13. The first kappa shape index (κ1) is 30.4. The van der Waals surface area contributed by atoms with Gasteiger partial charge in [0.25, 0.3) is 11.8 Å². The van der Waals surface area contributed by atoms with Crippen LogP contribution >= 0.6 is 0 Å². The van der Waals surface area contributed by atoms with Crippen LogP contribution in [0.2, 0.25) is 0 Å². The number of likely N-dealkylation sites (N-methyl/N-ethyl adjacent to an activating group) is 1. The Bertz CT molecular complexity index is 1290. The fraction of sp³-hybridized carbons (Fsp3) is 0.364. The fourth-order valence-electron chi connectivity index (χ4n) is 4.62. The van der Waals surface area contributed by atoms with E-state index in [4.69, 9.17) is 4.74 Å². The minimum absolute atomic E-state index is 0.220. The largest absolute Gasteiger partial charge is 0.484 e. The van der Waals surface area contributed by atoms with E-state index in [1.54, 1.807) is 12.1 Å². The second-order valence-electron chi connectivity index (χ2n) is 10.0. The molecule has 3 rings (SSSR count). The average Bonchev–Trinajstić information content (AvgIpc) is 2.95. The minimum Gasteiger partial charge on any atom is -0.484 e. The van der Waals surface area contributed by atoms with E-state index < -0.39 is 11.9 Å². The van der Waals surface area contributed by atoms with Gasteiger partial charge in [-0.2, -0.15) is 0 Å². The van der Waals surface area contributed by atoms with Crippen molar-refractivity contribution >= 4 is 17.7 Å². The first-order chi connectivity index (χ1) is 19.2. The van der Waals surface area contributed by atoms with Gasteiger partial charge in [-0.3, -0.25) is 14.4 Å². The maximum absolute atomic E-state index is 12.6. The standard InChI is InChI=1S/C33H41N3O4/c1-6-25-9-11-27(12-10-25)32(38)35-19-18-30(33(39)34-7-2)36-31(37)21-40-28-15-13-26(14-16-28)24(5)29-17-8-22(3)20-23(29)4/h8-17,20,24,30H,6-7,18-19,21H2,1-5H3,(H,34,39)(H,35,38)(H,36,37). The molecule has 2 atom stereocenters. The number of rotatable bonds is 13. The molecular weight excluding hydrogens is 502 g/mol. The van der Waals surface area contributed by atoms with E-state index in [0.717, 1.165) is 17.5 Å². The molecule has 0 spiro atoms. The van der Waals surface area contributed by atoms with Crippen LogP contribution < -0.4 is 20.7 Å². The Kier molecular flexibility index (Phi) is 11.3. The highest BCUT2D eigenvalue weighted by Gasteiger charge is 2.21. The summed E-state index contributed by atoms with van der Waals surface area (Å²) in [4.78, 5) is 37.6. The average molecular weight is 544 g/mol. The third-order valence-corrected chi connectivity index (χ3v) is 6.99. The van der Waals surface area contributed by atoms with E-state index in [-0.39, 0.29) is 37.3 Å². The van der Waals surface area contributed by atoms with Crippen molar-refractivity contribution in [2.75, 3.05) is 19.7 Å². The zero-order valence-corrected chi connectivity index (χ0v) is 24.2. The molecule has 3 amide bonds. The van der Waals surface area contributed by atoms with Crippen LogP contribution in [0.1, 0.15) is 71.3 Å². The van der Waals surface area contributed by atoms with Crippen molar-refractivity contribution in [3.8, 4) is 5.75 Å².